The predicted octanol–water partition coefficient (Wildman–Crippen LogP) is 2.92. The summed E-state index contributed by atoms with van der Waals surface area (Å²) in [6.07, 6.45) is 4.43. The number of carbonyl (C=O) groups is 1. The second-order valence-corrected chi connectivity index (χ2v) is 5.53. The summed E-state index contributed by atoms with van der Waals surface area (Å²) >= 11 is 6.01. The van der Waals surface area contributed by atoms with Gasteiger partial charge >= 0.3 is 0 Å². The highest BCUT2D eigenvalue weighted by atomic mass is 35.5. The average molecular weight is 335 g/mol. The third-order valence-corrected chi connectivity index (χ3v) is 3.30. The number of amides is 1. The Kier molecular flexibility index (Phi) is 9.49. The van der Waals surface area contributed by atoms with E-state index in [2.05, 4.69) is 22.2 Å². The van der Waals surface area contributed by atoms with Crippen LogP contribution in [0.4, 0.5) is 0 Å². The SMILES string of the molecule is CCCCC(CN)NC(=O)c1nc(C(C)C)ncc1Cl.Cl. The van der Waals surface area contributed by atoms with Crippen molar-refractivity contribution in [1.82, 2.24) is 15.3 Å². The number of aromatic nitrogens is 2. The molecule has 1 heterocycles. The summed E-state index contributed by atoms with van der Waals surface area (Å²) < 4.78 is 0. The number of rotatable bonds is 7. The minimum absolute atomic E-state index is 0. The molecular formula is C14H24Cl2N4O. The van der Waals surface area contributed by atoms with Crippen LogP contribution < -0.4 is 11.1 Å². The summed E-state index contributed by atoms with van der Waals surface area (Å²) in [5.74, 6) is 0.465. The number of nitrogens with one attached hydrogen (secondary N) is 1. The summed E-state index contributed by atoms with van der Waals surface area (Å²) in [6.45, 7) is 6.45. The van der Waals surface area contributed by atoms with Crippen LogP contribution in [-0.2, 0) is 0 Å². The van der Waals surface area contributed by atoms with Crippen molar-refractivity contribution in [3.63, 3.8) is 0 Å². The minimum atomic E-state index is -0.286. The lowest BCUT2D eigenvalue weighted by Crippen LogP contribution is -2.40. The first-order valence-electron chi connectivity index (χ1n) is 7.02. The smallest absolute Gasteiger partial charge is 0.271 e. The fourth-order valence-corrected chi connectivity index (χ4v) is 1.95. The fourth-order valence-electron chi connectivity index (χ4n) is 1.77. The number of hydrogen-bond acceptors (Lipinski definition) is 4. The predicted molar refractivity (Wildman–Crippen MR) is 88.2 cm³/mol. The topological polar surface area (TPSA) is 80.9 Å². The van der Waals surface area contributed by atoms with Gasteiger partial charge in [0, 0.05) is 18.5 Å². The van der Waals surface area contributed by atoms with E-state index in [0.29, 0.717) is 12.4 Å². The molecule has 120 valence electrons. The molecule has 0 aliphatic carbocycles. The minimum Gasteiger partial charge on any atom is -0.347 e. The van der Waals surface area contributed by atoms with Crippen LogP contribution in [0.5, 0.6) is 0 Å². The Morgan fingerprint density at radius 3 is 2.67 bits per heavy atom. The highest BCUT2D eigenvalue weighted by Gasteiger charge is 2.18. The van der Waals surface area contributed by atoms with Gasteiger partial charge in [0.1, 0.15) is 11.5 Å². The van der Waals surface area contributed by atoms with Gasteiger partial charge in [0.25, 0.3) is 5.91 Å². The van der Waals surface area contributed by atoms with Gasteiger partial charge in [-0.05, 0) is 6.42 Å². The Balaban J connectivity index is 0.00000400. The molecule has 1 atom stereocenters. The van der Waals surface area contributed by atoms with Crippen molar-refractivity contribution < 1.29 is 4.79 Å². The van der Waals surface area contributed by atoms with Gasteiger partial charge in [0.05, 0.1) is 11.2 Å². The number of halogens is 2. The molecule has 1 unspecified atom stereocenters. The third-order valence-electron chi connectivity index (χ3n) is 3.02. The fraction of sp³-hybridized carbons (Fsp3) is 0.643. The molecule has 3 N–H and O–H groups in total. The summed E-state index contributed by atoms with van der Waals surface area (Å²) in [4.78, 5) is 20.6. The lowest BCUT2D eigenvalue weighted by Gasteiger charge is -2.17. The first-order valence-corrected chi connectivity index (χ1v) is 7.40. The van der Waals surface area contributed by atoms with Crippen molar-refractivity contribution in [1.29, 1.82) is 0 Å². The van der Waals surface area contributed by atoms with Crippen molar-refractivity contribution in [3.05, 3.63) is 22.7 Å². The molecule has 0 spiro atoms. The monoisotopic (exact) mass is 334 g/mol. The van der Waals surface area contributed by atoms with Gasteiger partial charge in [0.15, 0.2) is 0 Å². The van der Waals surface area contributed by atoms with Crippen LogP contribution in [0.3, 0.4) is 0 Å². The van der Waals surface area contributed by atoms with Gasteiger partial charge in [-0.3, -0.25) is 4.79 Å². The molecule has 1 aromatic heterocycles. The van der Waals surface area contributed by atoms with E-state index in [-0.39, 0.29) is 41.0 Å². The maximum absolute atomic E-state index is 12.2. The molecule has 5 nitrogen and oxygen atoms in total. The molecule has 0 saturated carbocycles. The molecule has 0 radical (unpaired) electrons. The van der Waals surface area contributed by atoms with Crippen LogP contribution >= 0.6 is 24.0 Å². The van der Waals surface area contributed by atoms with Crippen LogP contribution in [0.1, 0.15) is 62.3 Å². The second-order valence-electron chi connectivity index (χ2n) is 5.13. The van der Waals surface area contributed by atoms with E-state index in [1.54, 1.807) is 0 Å². The molecule has 0 bridgehead atoms. The van der Waals surface area contributed by atoms with Crippen LogP contribution in [0, 0.1) is 0 Å². The normalized spacial score (nSPS) is 11.9. The molecule has 1 rings (SSSR count). The molecule has 7 heteroatoms. The van der Waals surface area contributed by atoms with Crippen molar-refractivity contribution >= 4 is 29.9 Å². The van der Waals surface area contributed by atoms with Crippen molar-refractivity contribution in [2.75, 3.05) is 6.54 Å². The average Bonchev–Trinajstić information content (AvgIpc) is 2.43. The molecular weight excluding hydrogens is 311 g/mol. The van der Waals surface area contributed by atoms with Gasteiger partial charge in [-0.25, -0.2) is 9.97 Å². The molecule has 0 aliphatic rings. The summed E-state index contributed by atoms with van der Waals surface area (Å²) in [5.41, 5.74) is 5.90. The van der Waals surface area contributed by atoms with Crippen LogP contribution in [-0.4, -0.2) is 28.5 Å². The van der Waals surface area contributed by atoms with E-state index in [0.717, 1.165) is 19.3 Å². The Labute approximate surface area is 137 Å². The standard InChI is InChI=1S/C14H23ClN4O.ClH/c1-4-5-6-10(7-16)18-14(20)12-11(15)8-17-13(19-12)9(2)3;/h8-10H,4-7,16H2,1-3H3,(H,18,20);1H. The zero-order chi connectivity index (χ0) is 15.1. The molecule has 1 aromatic rings. The molecule has 21 heavy (non-hydrogen) atoms. The van der Waals surface area contributed by atoms with Crippen LogP contribution in [0.25, 0.3) is 0 Å². The molecule has 0 aromatic carbocycles. The van der Waals surface area contributed by atoms with E-state index in [4.69, 9.17) is 17.3 Å². The lowest BCUT2D eigenvalue weighted by atomic mass is 10.1. The van der Waals surface area contributed by atoms with Gasteiger partial charge in [0.2, 0.25) is 0 Å². The van der Waals surface area contributed by atoms with E-state index in [1.807, 2.05) is 13.8 Å². The van der Waals surface area contributed by atoms with Crippen LogP contribution in [0.2, 0.25) is 5.02 Å². The van der Waals surface area contributed by atoms with E-state index < -0.39 is 0 Å². The largest absolute Gasteiger partial charge is 0.347 e. The Hall–Kier alpha value is -0.910. The summed E-state index contributed by atoms with van der Waals surface area (Å²) in [7, 11) is 0. The Bertz CT molecular complexity index is 455. The molecule has 0 saturated heterocycles. The third kappa shape index (κ3) is 6.16. The Morgan fingerprint density at radius 2 is 2.14 bits per heavy atom. The quantitative estimate of drug-likeness (QED) is 0.803. The maximum atomic E-state index is 12.2. The maximum Gasteiger partial charge on any atom is 0.271 e. The number of hydrogen-bond donors (Lipinski definition) is 2. The molecule has 0 aliphatic heterocycles. The zero-order valence-electron chi connectivity index (χ0n) is 12.7. The lowest BCUT2D eigenvalue weighted by molar-refractivity contribution is 0.0930. The van der Waals surface area contributed by atoms with Crippen LogP contribution in [0.15, 0.2) is 6.20 Å². The van der Waals surface area contributed by atoms with Gasteiger partial charge < -0.3 is 11.1 Å². The number of unbranched alkanes of at least 4 members (excludes halogenated alkanes) is 1. The van der Waals surface area contributed by atoms with Crippen molar-refractivity contribution in [3.8, 4) is 0 Å². The molecule has 0 fully saturated rings. The van der Waals surface area contributed by atoms with Crippen molar-refractivity contribution in [2.24, 2.45) is 5.73 Å². The van der Waals surface area contributed by atoms with E-state index in [1.165, 1.54) is 6.20 Å². The number of nitrogens with zero attached hydrogens (tertiary/aromatic N) is 2. The van der Waals surface area contributed by atoms with E-state index in [9.17, 15) is 4.79 Å². The summed E-state index contributed by atoms with van der Waals surface area (Å²) in [6, 6.07) is -0.0454. The van der Waals surface area contributed by atoms with Gasteiger partial charge in [-0.2, -0.15) is 0 Å². The molecule has 1 amide bonds. The second kappa shape index (κ2) is 9.92. The van der Waals surface area contributed by atoms with Crippen molar-refractivity contribution in [2.45, 2.75) is 52.0 Å². The van der Waals surface area contributed by atoms with Gasteiger partial charge in [-0.15, -0.1) is 12.4 Å². The highest BCUT2D eigenvalue weighted by Crippen LogP contribution is 2.16. The number of carbonyl (C=O) groups excluding carboxylic acids is 1. The zero-order valence-corrected chi connectivity index (χ0v) is 14.3. The summed E-state index contributed by atoms with van der Waals surface area (Å²) in [5, 5.41) is 3.15. The first kappa shape index (κ1) is 20.1. The number of nitrogens with two attached hydrogens (primary N) is 1. The Morgan fingerprint density at radius 1 is 1.48 bits per heavy atom. The highest BCUT2D eigenvalue weighted by molar-refractivity contribution is 6.33. The first-order chi connectivity index (χ1) is 9.49. The van der Waals surface area contributed by atoms with E-state index >= 15 is 0 Å². The van der Waals surface area contributed by atoms with Gasteiger partial charge in [-0.1, -0.05) is 45.2 Å².